The predicted octanol–water partition coefficient (Wildman–Crippen LogP) is 14.9. The van der Waals surface area contributed by atoms with E-state index in [1.54, 1.807) is 0 Å². The van der Waals surface area contributed by atoms with E-state index in [1.807, 2.05) is 0 Å². The van der Waals surface area contributed by atoms with Gasteiger partial charge in [-0.25, -0.2) is 0 Å². The molecule has 2 heteroatoms. The quantitative estimate of drug-likeness (QED) is 0.111. The van der Waals surface area contributed by atoms with Crippen LogP contribution < -0.4 is 9.47 Å². The summed E-state index contributed by atoms with van der Waals surface area (Å²) in [6.07, 6.45) is 35.9. The monoisotopic (exact) mass is 659 g/mol. The molecule has 270 valence electrons. The average molecular weight is 659 g/mol. The van der Waals surface area contributed by atoms with E-state index >= 15 is 0 Å². The molecule has 48 heavy (non-hydrogen) atoms. The second-order valence-electron chi connectivity index (χ2n) is 15.9. The van der Waals surface area contributed by atoms with Crippen molar-refractivity contribution in [3.05, 3.63) is 47.5 Å². The van der Waals surface area contributed by atoms with E-state index in [4.69, 9.17) is 9.47 Å². The summed E-state index contributed by atoms with van der Waals surface area (Å²) in [4.78, 5) is 0. The molecule has 0 N–H and O–H groups in total. The molecule has 2 aliphatic carbocycles. The molecule has 0 heterocycles. The van der Waals surface area contributed by atoms with Gasteiger partial charge in [-0.15, -0.1) is 0 Å². The molecule has 0 saturated heterocycles. The fourth-order valence-electron chi connectivity index (χ4n) is 8.65. The normalized spacial score (nSPS) is 17.3. The van der Waals surface area contributed by atoms with Crippen molar-refractivity contribution >= 4 is 0 Å². The molecule has 2 fully saturated rings. The molecular weight excluding hydrogens is 585 g/mol. The van der Waals surface area contributed by atoms with Gasteiger partial charge in [0.25, 0.3) is 0 Å². The van der Waals surface area contributed by atoms with Crippen LogP contribution >= 0.6 is 0 Å². The van der Waals surface area contributed by atoms with Gasteiger partial charge in [0.05, 0.1) is 0 Å². The zero-order valence-electron chi connectivity index (χ0n) is 32.0. The number of benzene rings is 2. The molecule has 4 rings (SSSR count). The van der Waals surface area contributed by atoms with E-state index < -0.39 is 0 Å². The second kappa shape index (κ2) is 22.7. The molecule has 2 atom stereocenters. The molecule has 0 spiro atoms. The summed E-state index contributed by atoms with van der Waals surface area (Å²) in [5, 5.41) is 0. The van der Waals surface area contributed by atoms with Gasteiger partial charge in [0.2, 0.25) is 0 Å². The lowest BCUT2D eigenvalue weighted by Crippen LogP contribution is -2.29. The largest absolute Gasteiger partial charge is 0.490 e. The van der Waals surface area contributed by atoms with Gasteiger partial charge in [0, 0.05) is 0 Å². The lowest BCUT2D eigenvalue weighted by molar-refractivity contribution is 0.0961. The van der Waals surface area contributed by atoms with Crippen molar-refractivity contribution in [3.8, 4) is 22.6 Å². The molecule has 0 aromatic heterocycles. The zero-order valence-corrected chi connectivity index (χ0v) is 32.0. The first-order valence-electron chi connectivity index (χ1n) is 21.1. The minimum atomic E-state index is 0.363. The van der Waals surface area contributed by atoms with Crippen molar-refractivity contribution in [2.45, 2.75) is 207 Å². The van der Waals surface area contributed by atoms with Crippen molar-refractivity contribution in [2.75, 3.05) is 0 Å². The molecular formula is C46H74O2. The topological polar surface area (TPSA) is 18.5 Å². The van der Waals surface area contributed by atoms with Crippen LogP contribution in [0.3, 0.4) is 0 Å². The van der Waals surface area contributed by atoms with Crippen LogP contribution in [0, 0.1) is 25.7 Å². The van der Waals surface area contributed by atoms with Crippen molar-refractivity contribution in [1.29, 1.82) is 0 Å². The fraction of sp³-hybridized carbons (Fsp3) is 0.739. The van der Waals surface area contributed by atoms with Crippen molar-refractivity contribution in [3.63, 3.8) is 0 Å². The Kier molecular flexibility index (Phi) is 18.4. The maximum absolute atomic E-state index is 6.91. The Morgan fingerprint density at radius 1 is 0.479 bits per heavy atom. The number of hydrogen-bond donors (Lipinski definition) is 0. The van der Waals surface area contributed by atoms with Gasteiger partial charge in [-0.3, -0.25) is 0 Å². The number of hydrogen-bond acceptors (Lipinski definition) is 2. The van der Waals surface area contributed by atoms with Gasteiger partial charge < -0.3 is 9.47 Å². The van der Waals surface area contributed by atoms with E-state index in [0.29, 0.717) is 12.2 Å². The summed E-state index contributed by atoms with van der Waals surface area (Å²) < 4.78 is 13.8. The summed E-state index contributed by atoms with van der Waals surface area (Å²) in [5.74, 6) is 3.62. The highest BCUT2D eigenvalue weighted by atomic mass is 16.5. The summed E-state index contributed by atoms with van der Waals surface area (Å²) >= 11 is 0. The Hall–Kier alpha value is -1.96. The minimum Gasteiger partial charge on any atom is -0.490 e. The van der Waals surface area contributed by atoms with E-state index in [0.717, 1.165) is 23.3 Å². The van der Waals surface area contributed by atoms with Crippen LogP contribution in [0.15, 0.2) is 36.4 Å². The lowest BCUT2D eigenvalue weighted by Gasteiger charge is -2.31. The zero-order chi connectivity index (χ0) is 33.8. The molecule has 0 radical (unpaired) electrons. The van der Waals surface area contributed by atoms with E-state index in [1.165, 1.54) is 189 Å². The van der Waals surface area contributed by atoms with Gasteiger partial charge in [0.1, 0.15) is 23.7 Å². The SMILES string of the molecule is CCCCCCCCCC(Oc1ccc(-c2ccc(OC(CCCCCCCCC)C3CCCCC3)c(C)c2)cc1C)C1CCCCC1. The second-order valence-corrected chi connectivity index (χ2v) is 15.9. The first-order chi connectivity index (χ1) is 23.6. The summed E-state index contributed by atoms with van der Waals surface area (Å²) in [6.45, 7) is 9.09. The average Bonchev–Trinajstić information content (AvgIpc) is 3.12. The first-order valence-corrected chi connectivity index (χ1v) is 21.1. The Morgan fingerprint density at radius 3 is 1.19 bits per heavy atom. The maximum Gasteiger partial charge on any atom is 0.122 e. The Bertz CT molecular complexity index is 1040. The van der Waals surface area contributed by atoms with Crippen molar-refractivity contribution in [2.24, 2.45) is 11.8 Å². The van der Waals surface area contributed by atoms with Crippen molar-refractivity contribution in [1.82, 2.24) is 0 Å². The third kappa shape index (κ3) is 13.4. The van der Waals surface area contributed by atoms with Gasteiger partial charge in [-0.1, -0.05) is 142 Å². The minimum absolute atomic E-state index is 0.363. The van der Waals surface area contributed by atoms with Crippen LogP contribution in [0.4, 0.5) is 0 Å². The van der Waals surface area contributed by atoms with Crippen molar-refractivity contribution < 1.29 is 9.47 Å². The van der Waals surface area contributed by atoms with Gasteiger partial charge in [-0.05, 0) is 124 Å². The van der Waals surface area contributed by atoms with Crippen LogP contribution in [0.1, 0.15) is 192 Å². The highest BCUT2D eigenvalue weighted by Crippen LogP contribution is 2.36. The summed E-state index contributed by atoms with van der Waals surface area (Å²) in [5.41, 5.74) is 5.08. The maximum atomic E-state index is 6.91. The van der Waals surface area contributed by atoms with Gasteiger partial charge >= 0.3 is 0 Å². The fourth-order valence-corrected chi connectivity index (χ4v) is 8.65. The van der Waals surface area contributed by atoms with E-state index in [2.05, 4.69) is 64.1 Å². The number of aryl methyl sites for hydroxylation is 2. The van der Waals surface area contributed by atoms with Crippen LogP contribution in [0.2, 0.25) is 0 Å². The van der Waals surface area contributed by atoms with Gasteiger partial charge in [-0.2, -0.15) is 0 Å². The molecule has 0 aliphatic heterocycles. The molecule has 0 bridgehead atoms. The number of unbranched alkanes of at least 4 members (excludes halogenated alkanes) is 12. The first kappa shape index (κ1) is 38.8. The third-order valence-corrected chi connectivity index (χ3v) is 11.8. The smallest absolute Gasteiger partial charge is 0.122 e. The lowest BCUT2D eigenvalue weighted by atomic mass is 9.83. The highest BCUT2D eigenvalue weighted by Gasteiger charge is 2.27. The molecule has 2 aromatic carbocycles. The van der Waals surface area contributed by atoms with Crippen LogP contribution in [0.5, 0.6) is 11.5 Å². The Balaban J connectivity index is 1.36. The summed E-state index contributed by atoms with van der Waals surface area (Å²) in [6, 6.07) is 13.8. The number of ether oxygens (including phenoxy) is 2. The predicted molar refractivity (Wildman–Crippen MR) is 209 cm³/mol. The molecule has 2 unspecified atom stereocenters. The molecule has 2 saturated carbocycles. The van der Waals surface area contributed by atoms with Crippen LogP contribution in [-0.2, 0) is 0 Å². The van der Waals surface area contributed by atoms with E-state index in [-0.39, 0.29) is 0 Å². The third-order valence-electron chi connectivity index (χ3n) is 11.8. The Morgan fingerprint density at radius 2 is 0.833 bits per heavy atom. The van der Waals surface area contributed by atoms with Crippen LogP contribution in [0.25, 0.3) is 11.1 Å². The summed E-state index contributed by atoms with van der Waals surface area (Å²) in [7, 11) is 0. The molecule has 0 amide bonds. The van der Waals surface area contributed by atoms with E-state index in [9.17, 15) is 0 Å². The highest BCUT2D eigenvalue weighted by molar-refractivity contribution is 5.67. The molecule has 2 nitrogen and oxygen atoms in total. The Labute approximate surface area is 297 Å². The van der Waals surface area contributed by atoms with Gasteiger partial charge in [0.15, 0.2) is 0 Å². The number of rotatable bonds is 23. The molecule has 2 aromatic rings. The standard InChI is InChI=1S/C46H74O2/c1-5-7-9-11-13-15-23-29-45(39-25-19-17-20-26-39)47-43-33-31-41(35-37(43)3)42-32-34-44(38(4)36-42)48-46(40-27-21-18-22-28-40)30-24-16-14-12-10-8-6-2/h31-36,39-40,45-46H,5-30H2,1-4H3. The van der Waals surface area contributed by atoms with Crippen LogP contribution in [-0.4, -0.2) is 12.2 Å². The molecule has 2 aliphatic rings.